The largest absolute Gasteiger partial charge is 0.352 e. The first kappa shape index (κ1) is 17.2. The average molecular weight is 321 g/mol. The molecule has 0 fully saturated rings. The first-order valence-electron chi connectivity index (χ1n) is 7.65. The predicted molar refractivity (Wildman–Crippen MR) is 92.0 cm³/mol. The molecule has 122 valence electrons. The Labute approximate surface area is 141 Å². The van der Waals surface area contributed by atoms with E-state index in [4.69, 9.17) is 5.26 Å². The zero-order chi connectivity index (χ0) is 17.4. The quantitative estimate of drug-likeness (QED) is 0.858. The van der Waals surface area contributed by atoms with Crippen molar-refractivity contribution in [3.63, 3.8) is 0 Å². The standard InChI is InChI=1S/C19H19N3O2/c1-14-2-4-15(5-3-14)12-19(24)21-13-16-6-8-17(9-7-16)22-18(23)10-11-20/h2-9H,10,12-13H2,1H3,(H,21,24)(H,22,23). The summed E-state index contributed by atoms with van der Waals surface area (Å²) in [5.41, 5.74) is 3.71. The first-order chi connectivity index (χ1) is 11.6. The molecule has 2 aromatic carbocycles. The lowest BCUT2D eigenvalue weighted by molar-refractivity contribution is -0.120. The lowest BCUT2D eigenvalue weighted by Crippen LogP contribution is -2.24. The number of nitriles is 1. The Morgan fingerprint density at radius 1 is 0.958 bits per heavy atom. The molecule has 0 aromatic heterocycles. The normalized spacial score (nSPS) is 9.83. The maximum atomic E-state index is 12.0. The van der Waals surface area contributed by atoms with Crippen molar-refractivity contribution < 1.29 is 9.59 Å². The number of nitrogens with zero attached hydrogens (tertiary/aromatic N) is 1. The van der Waals surface area contributed by atoms with E-state index < -0.39 is 0 Å². The SMILES string of the molecule is Cc1ccc(CC(=O)NCc2ccc(NC(=O)CC#N)cc2)cc1. The molecule has 0 aliphatic heterocycles. The van der Waals surface area contributed by atoms with Crippen molar-refractivity contribution in [1.29, 1.82) is 5.26 Å². The first-order valence-corrected chi connectivity index (χ1v) is 7.65. The van der Waals surface area contributed by atoms with Crippen LogP contribution in [0.25, 0.3) is 0 Å². The molecule has 0 bridgehead atoms. The van der Waals surface area contributed by atoms with Crippen LogP contribution < -0.4 is 10.6 Å². The highest BCUT2D eigenvalue weighted by Crippen LogP contribution is 2.10. The fourth-order valence-corrected chi connectivity index (χ4v) is 2.14. The van der Waals surface area contributed by atoms with Gasteiger partial charge in [-0.3, -0.25) is 9.59 Å². The summed E-state index contributed by atoms with van der Waals surface area (Å²) >= 11 is 0. The molecule has 0 atom stereocenters. The van der Waals surface area contributed by atoms with Gasteiger partial charge >= 0.3 is 0 Å². The number of hydrogen-bond acceptors (Lipinski definition) is 3. The van der Waals surface area contributed by atoms with Crippen LogP contribution in [-0.4, -0.2) is 11.8 Å². The predicted octanol–water partition coefficient (Wildman–Crippen LogP) is 2.71. The molecule has 2 amide bonds. The van der Waals surface area contributed by atoms with Crippen LogP contribution in [0.2, 0.25) is 0 Å². The van der Waals surface area contributed by atoms with E-state index in [1.54, 1.807) is 18.2 Å². The Hall–Kier alpha value is -3.13. The topological polar surface area (TPSA) is 82.0 Å². The van der Waals surface area contributed by atoms with Crippen molar-refractivity contribution in [2.75, 3.05) is 5.32 Å². The number of carbonyl (C=O) groups is 2. The van der Waals surface area contributed by atoms with E-state index in [0.717, 1.165) is 11.1 Å². The molecule has 0 saturated heterocycles. The Morgan fingerprint density at radius 2 is 1.58 bits per heavy atom. The molecule has 2 N–H and O–H groups in total. The summed E-state index contributed by atoms with van der Waals surface area (Å²) in [6.45, 7) is 2.44. The van der Waals surface area contributed by atoms with Gasteiger partial charge in [0.05, 0.1) is 12.5 Å². The highest BCUT2D eigenvalue weighted by atomic mass is 16.2. The summed E-state index contributed by atoms with van der Waals surface area (Å²) in [6, 6.07) is 16.8. The van der Waals surface area contributed by atoms with Crippen molar-refractivity contribution in [3.05, 3.63) is 65.2 Å². The van der Waals surface area contributed by atoms with Gasteiger partial charge in [0.1, 0.15) is 6.42 Å². The van der Waals surface area contributed by atoms with E-state index in [1.807, 2.05) is 43.3 Å². The van der Waals surface area contributed by atoms with Crippen LogP contribution in [0.1, 0.15) is 23.1 Å². The molecule has 0 unspecified atom stereocenters. The Balaban J connectivity index is 1.81. The van der Waals surface area contributed by atoms with Gasteiger partial charge in [0.2, 0.25) is 11.8 Å². The van der Waals surface area contributed by atoms with Gasteiger partial charge < -0.3 is 10.6 Å². The summed E-state index contributed by atoms with van der Waals surface area (Å²) < 4.78 is 0. The van der Waals surface area contributed by atoms with Crippen molar-refractivity contribution in [2.24, 2.45) is 0 Å². The summed E-state index contributed by atoms with van der Waals surface area (Å²) in [6.07, 6.45) is 0.180. The van der Waals surface area contributed by atoms with Gasteiger partial charge in [0.15, 0.2) is 0 Å². The van der Waals surface area contributed by atoms with Gasteiger partial charge in [0, 0.05) is 12.2 Å². The van der Waals surface area contributed by atoms with Crippen molar-refractivity contribution >= 4 is 17.5 Å². The average Bonchev–Trinajstić information content (AvgIpc) is 2.56. The zero-order valence-corrected chi connectivity index (χ0v) is 13.5. The third-order valence-corrected chi connectivity index (χ3v) is 3.45. The Bertz CT molecular complexity index is 744. The van der Waals surface area contributed by atoms with Crippen molar-refractivity contribution in [3.8, 4) is 6.07 Å². The van der Waals surface area contributed by atoms with Crippen molar-refractivity contribution in [1.82, 2.24) is 5.32 Å². The number of nitrogens with one attached hydrogen (secondary N) is 2. The molecule has 0 aliphatic carbocycles. The van der Waals surface area contributed by atoms with Crippen LogP contribution in [0, 0.1) is 18.3 Å². The molecule has 0 aliphatic rings. The Kier molecular flexibility index (Phi) is 6.09. The minimum absolute atomic E-state index is 0.0368. The van der Waals surface area contributed by atoms with E-state index in [9.17, 15) is 9.59 Å². The lowest BCUT2D eigenvalue weighted by Gasteiger charge is -2.07. The molecule has 2 rings (SSSR count). The third kappa shape index (κ3) is 5.58. The number of amides is 2. The van der Waals surface area contributed by atoms with Crippen molar-refractivity contribution in [2.45, 2.75) is 26.3 Å². The van der Waals surface area contributed by atoms with Crippen LogP contribution in [-0.2, 0) is 22.6 Å². The minimum Gasteiger partial charge on any atom is -0.352 e. The monoisotopic (exact) mass is 321 g/mol. The maximum Gasteiger partial charge on any atom is 0.238 e. The van der Waals surface area contributed by atoms with Gasteiger partial charge in [-0.2, -0.15) is 5.26 Å². The molecule has 5 nitrogen and oxygen atoms in total. The van der Waals surface area contributed by atoms with Gasteiger partial charge in [0.25, 0.3) is 0 Å². The maximum absolute atomic E-state index is 12.0. The summed E-state index contributed by atoms with van der Waals surface area (Å²) in [5.74, 6) is -0.373. The third-order valence-electron chi connectivity index (χ3n) is 3.45. The molecule has 24 heavy (non-hydrogen) atoms. The second kappa shape index (κ2) is 8.49. The minimum atomic E-state index is -0.336. The molecule has 5 heteroatoms. The second-order valence-electron chi connectivity index (χ2n) is 5.52. The second-order valence-corrected chi connectivity index (χ2v) is 5.52. The number of benzene rings is 2. The fraction of sp³-hybridized carbons (Fsp3) is 0.211. The molecule has 0 spiro atoms. The van der Waals surface area contributed by atoms with Gasteiger partial charge in [-0.05, 0) is 30.2 Å². The molecule has 0 radical (unpaired) electrons. The number of rotatable bonds is 6. The number of anilines is 1. The molecular formula is C19H19N3O2. The van der Waals surface area contributed by atoms with E-state index in [-0.39, 0.29) is 18.2 Å². The smallest absolute Gasteiger partial charge is 0.238 e. The Morgan fingerprint density at radius 3 is 2.21 bits per heavy atom. The van der Waals surface area contributed by atoms with Gasteiger partial charge in [-0.15, -0.1) is 0 Å². The highest BCUT2D eigenvalue weighted by molar-refractivity contribution is 5.92. The number of carbonyl (C=O) groups excluding carboxylic acids is 2. The number of hydrogen-bond donors (Lipinski definition) is 2. The van der Waals surface area contributed by atoms with E-state index in [2.05, 4.69) is 10.6 Å². The molecular weight excluding hydrogens is 302 g/mol. The van der Waals surface area contributed by atoms with Crippen LogP contribution in [0.4, 0.5) is 5.69 Å². The van der Waals surface area contributed by atoms with Gasteiger partial charge in [-0.1, -0.05) is 42.0 Å². The molecule has 0 saturated carbocycles. The van der Waals surface area contributed by atoms with Crippen LogP contribution >= 0.6 is 0 Å². The summed E-state index contributed by atoms with van der Waals surface area (Å²) in [5, 5.41) is 13.9. The van der Waals surface area contributed by atoms with E-state index >= 15 is 0 Å². The highest BCUT2D eigenvalue weighted by Gasteiger charge is 2.04. The van der Waals surface area contributed by atoms with Crippen LogP contribution in [0.5, 0.6) is 0 Å². The van der Waals surface area contributed by atoms with Crippen LogP contribution in [0.3, 0.4) is 0 Å². The van der Waals surface area contributed by atoms with E-state index in [1.165, 1.54) is 5.56 Å². The number of aryl methyl sites for hydroxylation is 1. The van der Waals surface area contributed by atoms with E-state index in [0.29, 0.717) is 18.7 Å². The summed E-state index contributed by atoms with van der Waals surface area (Å²) in [4.78, 5) is 23.3. The summed E-state index contributed by atoms with van der Waals surface area (Å²) in [7, 11) is 0. The lowest BCUT2D eigenvalue weighted by atomic mass is 10.1. The van der Waals surface area contributed by atoms with Gasteiger partial charge in [-0.25, -0.2) is 0 Å². The molecule has 2 aromatic rings. The van der Waals surface area contributed by atoms with Crippen LogP contribution in [0.15, 0.2) is 48.5 Å². The zero-order valence-electron chi connectivity index (χ0n) is 13.5. The fourth-order valence-electron chi connectivity index (χ4n) is 2.14. The molecule has 0 heterocycles.